The third-order valence-electron chi connectivity index (χ3n) is 3.16. The van der Waals surface area contributed by atoms with Gasteiger partial charge >= 0.3 is 11.9 Å². The van der Waals surface area contributed by atoms with Gasteiger partial charge in [0.25, 0.3) is 10.0 Å². The first-order valence-corrected chi connectivity index (χ1v) is 9.43. The summed E-state index contributed by atoms with van der Waals surface area (Å²) < 4.78 is 31.2. The molecule has 1 aromatic heterocycles. The first-order chi connectivity index (χ1) is 11.2. The number of anilines is 1. The number of thiophene rings is 1. The molecular weight excluding hydrogens is 422 g/mol. The number of ether oxygens (including phenoxy) is 1. The third kappa shape index (κ3) is 3.45. The van der Waals surface area contributed by atoms with E-state index in [1.165, 1.54) is 38.4 Å². The van der Waals surface area contributed by atoms with Crippen LogP contribution in [0.1, 0.15) is 20.0 Å². The molecule has 0 aliphatic carbocycles. The summed E-state index contributed by atoms with van der Waals surface area (Å²) in [6.45, 7) is 0. The van der Waals surface area contributed by atoms with Crippen molar-refractivity contribution in [1.82, 2.24) is 0 Å². The fourth-order valence-corrected chi connectivity index (χ4v) is 5.39. The van der Waals surface area contributed by atoms with Crippen molar-refractivity contribution < 1.29 is 27.9 Å². The van der Waals surface area contributed by atoms with Crippen LogP contribution in [0.5, 0.6) is 0 Å². The molecule has 1 aromatic carbocycles. The topological polar surface area (TPSA) is 101 Å². The second-order valence-electron chi connectivity index (χ2n) is 4.56. The number of methoxy groups -OCH3 is 1. The Balaban J connectivity index is 2.39. The number of benzene rings is 1. The molecule has 2 aromatic rings. The average molecular weight is 434 g/mol. The summed E-state index contributed by atoms with van der Waals surface area (Å²) in [5.74, 6) is -1.73. The number of carboxylic acid groups (broad SMARTS) is 1. The highest BCUT2D eigenvalue weighted by Crippen LogP contribution is 2.34. The SMILES string of the molecule is COC(=O)c1ccc(N(C)S(=O)(=O)c2cc(C(=O)O)sc2Br)cc1. The molecule has 0 saturated carbocycles. The molecule has 2 rings (SSSR count). The minimum absolute atomic E-state index is 0.0881. The van der Waals surface area contributed by atoms with E-state index in [9.17, 15) is 18.0 Å². The first-order valence-electron chi connectivity index (χ1n) is 6.38. The lowest BCUT2D eigenvalue weighted by molar-refractivity contribution is 0.0600. The molecular formula is C14H12BrNO6S2. The highest BCUT2D eigenvalue weighted by molar-refractivity contribution is 9.11. The first kappa shape index (κ1) is 18.4. The summed E-state index contributed by atoms with van der Waals surface area (Å²) in [4.78, 5) is 22.2. The lowest BCUT2D eigenvalue weighted by Crippen LogP contribution is -2.26. The van der Waals surface area contributed by atoms with Crippen LogP contribution < -0.4 is 4.31 Å². The predicted molar refractivity (Wildman–Crippen MR) is 92.3 cm³/mol. The van der Waals surface area contributed by atoms with Crippen molar-refractivity contribution >= 4 is 54.9 Å². The van der Waals surface area contributed by atoms with E-state index < -0.39 is 22.0 Å². The number of esters is 1. The van der Waals surface area contributed by atoms with Crippen molar-refractivity contribution in [1.29, 1.82) is 0 Å². The molecule has 0 aliphatic heterocycles. The van der Waals surface area contributed by atoms with Crippen LogP contribution in [-0.2, 0) is 14.8 Å². The molecule has 7 nitrogen and oxygen atoms in total. The molecule has 128 valence electrons. The molecule has 0 amide bonds. The molecule has 0 aliphatic rings. The van der Waals surface area contributed by atoms with Gasteiger partial charge in [0.2, 0.25) is 0 Å². The Labute approximate surface area is 150 Å². The van der Waals surface area contributed by atoms with Gasteiger partial charge in [-0.2, -0.15) is 0 Å². The maximum Gasteiger partial charge on any atom is 0.345 e. The van der Waals surface area contributed by atoms with Crippen LogP contribution >= 0.6 is 27.3 Å². The molecule has 0 saturated heterocycles. The molecule has 0 atom stereocenters. The van der Waals surface area contributed by atoms with Crippen LogP contribution in [0.3, 0.4) is 0 Å². The van der Waals surface area contributed by atoms with E-state index in [4.69, 9.17) is 5.11 Å². The van der Waals surface area contributed by atoms with E-state index in [-0.39, 0.29) is 19.1 Å². The predicted octanol–water partition coefficient (Wildman–Crippen LogP) is 2.82. The number of rotatable bonds is 5. The normalized spacial score (nSPS) is 11.1. The Morgan fingerprint density at radius 2 is 1.83 bits per heavy atom. The Morgan fingerprint density at radius 1 is 1.25 bits per heavy atom. The van der Waals surface area contributed by atoms with Gasteiger partial charge in [0.05, 0.1) is 22.1 Å². The second-order valence-corrected chi connectivity index (χ2v) is 8.87. The van der Waals surface area contributed by atoms with E-state index >= 15 is 0 Å². The van der Waals surface area contributed by atoms with Crippen molar-refractivity contribution in [2.75, 3.05) is 18.5 Å². The number of hydrogen-bond acceptors (Lipinski definition) is 6. The van der Waals surface area contributed by atoms with Gasteiger partial charge in [-0.15, -0.1) is 11.3 Å². The van der Waals surface area contributed by atoms with Gasteiger partial charge in [-0.3, -0.25) is 4.31 Å². The Morgan fingerprint density at radius 3 is 2.29 bits per heavy atom. The number of carboxylic acids is 1. The van der Waals surface area contributed by atoms with Crippen molar-refractivity contribution in [3.63, 3.8) is 0 Å². The Hall–Kier alpha value is -1.91. The molecule has 0 bridgehead atoms. The van der Waals surface area contributed by atoms with E-state index in [0.717, 1.165) is 21.7 Å². The standard InChI is InChI=1S/C14H12BrNO6S2/c1-16(9-5-3-8(4-6-9)14(19)22-2)24(20,21)11-7-10(13(17)18)23-12(11)15/h3-7H,1-2H3,(H,17,18). The zero-order valence-electron chi connectivity index (χ0n) is 12.5. The van der Waals surface area contributed by atoms with Gasteiger partial charge in [-0.1, -0.05) is 0 Å². The zero-order chi connectivity index (χ0) is 18.1. The molecule has 0 spiro atoms. The van der Waals surface area contributed by atoms with Gasteiger partial charge in [0.1, 0.15) is 9.77 Å². The number of aromatic carboxylic acids is 1. The average Bonchev–Trinajstić information content (AvgIpc) is 2.96. The molecule has 0 unspecified atom stereocenters. The summed E-state index contributed by atoms with van der Waals surface area (Å²) in [6.07, 6.45) is 0. The summed E-state index contributed by atoms with van der Waals surface area (Å²) in [5.41, 5.74) is 0.606. The number of nitrogens with zero attached hydrogens (tertiary/aromatic N) is 1. The van der Waals surface area contributed by atoms with Crippen LogP contribution in [0, 0.1) is 0 Å². The van der Waals surface area contributed by atoms with Crippen molar-refractivity contribution in [2.24, 2.45) is 0 Å². The Kier molecular flexibility index (Phi) is 5.31. The minimum atomic E-state index is -3.96. The molecule has 1 N–H and O–H groups in total. The van der Waals surface area contributed by atoms with Gasteiger partial charge in [0.15, 0.2) is 0 Å². The molecule has 24 heavy (non-hydrogen) atoms. The number of carbonyl (C=O) groups excluding carboxylic acids is 1. The minimum Gasteiger partial charge on any atom is -0.477 e. The molecule has 1 heterocycles. The summed E-state index contributed by atoms with van der Waals surface area (Å²) in [7, 11) is -1.37. The second kappa shape index (κ2) is 6.91. The van der Waals surface area contributed by atoms with E-state index in [1.807, 2.05) is 0 Å². The monoisotopic (exact) mass is 433 g/mol. The molecule has 0 radical (unpaired) electrons. The van der Waals surface area contributed by atoms with Crippen LogP contribution in [-0.4, -0.2) is 39.6 Å². The molecule has 10 heteroatoms. The fraction of sp³-hybridized carbons (Fsp3) is 0.143. The van der Waals surface area contributed by atoms with Gasteiger partial charge < -0.3 is 9.84 Å². The largest absolute Gasteiger partial charge is 0.477 e. The highest BCUT2D eigenvalue weighted by Gasteiger charge is 2.27. The van der Waals surface area contributed by atoms with Gasteiger partial charge in [-0.25, -0.2) is 18.0 Å². The third-order valence-corrected chi connectivity index (χ3v) is 7.18. The zero-order valence-corrected chi connectivity index (χ0v) is 15.7. The smallest absolute Gasteiger partial charge is 0.345 e. The van der Waals surface area contributed by atoms with Gasteiger partial charge in [0, 0.05) is 7.05 Å². The summed E-state index contributed by atoms with van der Waals surface area (Å²) in [5, 5.41) is 8.99. The quantitative estimate of drug-likeness (QED) is 0.727. The van der Waals surface area contributed by atoms with E-state index in [0.29, 0.717) is 5.69 Å². The lowest BCUT2D eigenvalue weighted by atomic mass is 10.2. The number of sulfonamides is 1. The van der Waals surface area contributed by atoms with Crippen LogP contribution in [0.2, 0.25) is 0 Å². The number of hydrogen-bond donors (Lipinski definition) is 1. The lowest BCUT2D eigenvalue weighted by Gasteiger charge is -2.19. The van der Waals surface area contributed by atoms with Crippen LogP contribution in [0.4, 0.5) is 5.69 Å². The number of carbonyl (C=O) groups is 2. The van der Waals surface area contributed by atoms with Crippen molar-refractivity contribution in [2.45, 2.75) is 4.90 Å². The fourth-order valence-electron chi connectivity index (χ4n) is 1.84. The van der Waals surface area contributed by atoms with Crippen molar-refractivity contribution in [3.8, 4) is 0 Å². The maximum absolute atomic E-state index is 12.7. The summed E-state index contributed by atoms with van der Waals surface area (Å²) >= 11 is 3.91. The van der Waals surface area contributed by atoms with E-state index in [2.05, 4.69) is 20.7 Å². The maximum atomic E-state index is 12.7. The molecule has 0 fully saturated rings. The Bertz CT molecular complexity index is 888. The highest BCUT2D eigenvalue weighted by atomic mass is 79.9. The number of halogens is 1. The summed E-state index contributed by atoms with van der Waals surface area (Å²) in [6, 6.07) is 6.91. The van der Waals surface area contributed by atoms with Crippen LogP contribution in [0.15, 0.2) is 39.0 Å². The van der Waals surface area contributed by atoms with Crippen molar-refractivity contribution in [3.05, 3.63) is 44.6 Å². The van der Waals surface area contributed by atoms with E-state index in [1.54, 1.807) is 0 Å². The van der Waals surface area contributed by atoms with Crippen LogP contribution in [0.25, 0.3) is 0 Å². The van der Waals surface area contributed by atoms with Gasteiger partial charge in [-0.05, 0) is 46.3 Å².